The van der Waals surface area contributed by atoms with Crippen LogP contribution in [0.1, 0.15) is 18.9 Å². The Morgan fingerprint density at radius 2 is 2.00 bits per heavy atom. The minimum Gasteiger partial charge on any atom is -0.391 e. The number of hydrogen-bond donors (Lipinski definition) is 2. The van der Waals surface area contributed by atoms with Crippen LogP contribution in [-0.2, 0) is 6.42 Å². The van der Waals surface area contributed by atoms with Crippen LogP contribution in [0.15, 0.2) is 30.3 Å². The van der Waals surface area contributed by atoms with E-state index < -0.39 is 6.10 Å². The predicted molar refractivity (Wildman–Crippen MR) is 71.7 cm³/mol. The summed E-state index contributed by atoms with van der Waals surface area (Å²) in [6.45, 7) is 2.14. The summed E-state index contributed by atoms with van der Waals surface area (Å²) in [4.78, 5) is 0. The van der Waals surface area contributed by atoms with Crippen molar-refractivity contribution >= 4 is 11.8 Å². The molecule has 0 aliphatic carbocycles. The first-order valence-electron chi connectivity index (χ1n) is 5.79. The number of rotatable bonds is 7. The second-order valence-corrected chi connectivity index (χ2v) is 5.15. The van der Waals surface area contributed by atoms with Crippen LogP contribution in [0.2, 0.25) is 0 Å². The molecule has 1 rings (SSSR count). The van der Waals surface area contributed by atoms with Crippen molar-refractivity contribution in [1.29, 1.82) is 0 Å². The van der Waals surface area contributed by atoms with Crippen LogP contribution < -0.4 is 5.73 Å². The van der Waals surface area contributed by atoms with Gasteiger partial charge in [-0.3, -0.25) is 0 Å². The largest absolute Gasteiger partial charge is 0.391 e. The maximum absolute atomic E-state index is 9.86. The summed E-state index contributed by atoms with van der Waals surface area (Å²) >= 11 is 1.77. The van der Waals surface area contributed by atoms with Gasteiger partial charge in [-0.05, 0) is 24.2 Å². The molecule has 1 aromatic carbocycles. The van der Waals surface area contributed by atoms with Crippen LogP contribution in [-0.4, -0.2) is 28.8 Å². The second kappa shape index (κ2) is 7.71. The molecule has 0 radical (unpaired) electrons. The lowest BCUT2D eigenvalue weighted by atomic mass is 10.0. The van der Waals surface area contributed by atoms with Gasteiger partial charge in [0.15, 0.2) is 0 Å². The van der Waals surface area contributed by atoms with Crippen LogP contribution in [0.5, 0.6) is 0 Å². The van der Waals surface area contributed by atoms with Crippen LogP contribution in [0, 0.1) is 0 Å². The van der Waals surface area contributed by atoms with E-state index in [0.717, 1.165) is 24.3 Å². The number of thioether (sulfide) groups is 1. The van der Waals surface area contributed by atoms with Crippen molar-refractivity contribution in [3.63, 3.8) is 0 Å². The summed E-state index contributed by atoms with van der Waals surface area (Å²) in [6, 6.07) is 9.92. The molecule has 0 spiro atoms. The Morgan fingerprint density at radius 1 is 1.31 bits per heavy atom. The van der Waals surface area contributed by atoms with E-state index >= 15 is 0 Å². The van der Waals surface area contributed by atoms with Crippen molar-refractivity contribution in [2.75, 3.05) is 11.5 Å². The van der Waals surface area contributed by atoms with E-state index in [2.05, 4.69) is 6.92 Å². The van der Waals surface area contributed by atoms with Crippen LogP contribution in [0.25, 0.3) is 0 Å². The van der Waals surface area contributed by atoms with Gasteiger partial charge in [0, 0.05) is 11.8 Å². The van der Waals surface area contributed by atoms with Gasteiger partial charge in [0.1, 0.15) is 0 Å². The molecule has 2 atom stereocenters. The van der Waals surface area contributed by atoms with E-state index in [1.165, 1.54) is 5.56 Å². The van der Waals surface area contributed by atoms with Gasteiger partial charge in [0.2, 0.25) is 0 Å². The molecule has 0 aliphatic rings. The Kier molecular flexibility index (Phi) is 6.53. The van der Waals surface area contributed by atoms with Gasteiger partial charge in [-0.25, -0.2) is 0 Å². The molecule has 0 bridgehead atoms. The average molecular weight is 239 g/mol. The van der Waals surface area contributed by atoms with E-state index in [4.69, 9.17) is 5.73 Å². The van der Waals surface area contributed by atoms with Crippen molar-refractivity contribution in [3.05, 3.63) is 35.9 Å². The van der Waals surface area contributed by atoms with Crippen LogP contribution in [0.4, 0.5) is 0 Å². The highest BCUT2D eigenvalue weighted by molar-refractivity contribution is 7.99. The number of aliphatic hydroxyl groups excluding tert-OH is 1. The molecule has 16 heavy (non-hydrogen) atoms. The molecule has 1 aromatic rings. The summed E-state index contributed by atoms with van der Waals surface area (Å²) in [5.41, 5.74) is 7.16. The molecule has 0 aliphatic heterocycles. The predicted octanol–water partition coefficient (Wildman–Crippen LogP) is 2.06. The molecule has 0 amide bonds. The van der Waals surface area contributed by atoms with Gasteiger partial charge in [0.25, 0.3) is 0 Å². The maximum atomic E-state index is 9.86. The fraction of sp³-hybridized carbons (Fsp3) is 0.538. The highest BCUT2D eigenvalue weighted by Gasteiger charge is 2.14. The highest BCUT2D eigenvalue weighted by atomic mass is 32.2. The summed E-state index contributed by atoms with van der Waals surface area (Å²) in [5.74, 6) is 1.83. The second-order valence-electron chi connectivity index (χ2n) is 4.00. The standard InChI is InChI=1S/C13H21NOS/c1-2-8-16-10-13(15)12(14)9-11-6-4-3-5-7-11/h3-7,12-13,15H,2,8-10,14H2,1H3. The Hall–Kier alpha value is -0.510. The first-order chi connectivity index (χ1) is 7.74. The zero-order valence-corrected chi connectivity index (χ0v) is 10.6. The van der Waals surface area contributed by atoms with E-state index in [9.17, 15) is 5.11 Å². The van der Waals surface area contributed by atoms with Crippen molar-refractivity contribution in [2.24, 2.45) is 5.73 Å². The number of hydrogen-bond acceptors (Lipinski definition) is 3. The topological polar surface area (TPSA) is 46.2 Å². The van der Waals surface area contributed by atoms with Gasteiger partial charge in [-0.2, -0.15) is 11.8 Å². The zero-order valence-electron chi connectivity index (χ0n) is 9.80. The maximum Gasteiger partial charge on any atom is 0.0784 e. The lowest BCUT2D eigenvalue weighted by molar-refractivity contribution is 0.167. The van der Waals surface area contributed by atoms with E-state index in [1.807, 2.05) is 30.3 Å². The normalized spacial score (nSPS) is 14.7. The minimum absolute atomic E-state index is 0.160. The molecule has 0 aromatic heterocycles. The van der Waals surface area contributed by atoms with Gasteiger partial charge < -0.3 is 10.8 Å². The summed E-state index contributed by atoms with van der Waals surface area (Å²) in [7, 11) is 0. The first-order valence-corrected chi connectivity index (χ1v) is 6.94. The van der Waals surface area contributed by atoms with E-state index in [0.29, 0.717) is 0 Å². The Balaban J connectivity index is 2.31. The van der Waals surface area contributed by atoms with Crippen LogP contribution >= 0.6 is 11.8 Å². The van der Waals surface area contributed by atoms with Gasteiger partial charge in [0.05, 0.1) is 6.10 Å². The van der Waals surface area contributed by atoms with Crippen LogP contribution in [0.3, 0.4) is 0 Å². The molecule has 3 heteroatoms. The van der Waals surface area contributed by atoms with Gasteiger partial charge in [-0.1, -0.05) is 37.3 Å². The summed E-state index contributed by atoms with van der Waals surface area (Å²) < 4.78 is 0. The number of aliphatic hydroxyl groups is 1. The Bertz CT molecular complexity index is 279. The van der Waals surface area contributed by atoms with Crippen molar-refractivity contribution in [2.45, 2.75) is 31.9 Å². The number of benzene rings is 1. The molecule has 2 unspecified atom stereocenters. The highest BCUT2D eigenvalue weighted by Crippen LogP contribution is 2.10. The third-order valence-electron chi connectivity index (χ3n) is 2.45. The molecule has 90 valence electrons. The lowest BCUT2D eigenvalue weighted by Crippen LogP contribution is -2.38. The molecule has 0 fully saturated rings. The fourth-order valence-electron chi connectivity index (χ4n) is 1.49. The van der Waals surface area contributed by atoms with E-state index in [-0.39, 0.29) is 6.04 Å². The lowest BCUT2D eigenvalue weighted by Gasteiger charge is -2.18. The van der Waals surface area contributed by atoms with Gasteiger partial charge >= 0.3 is 0 Å². The minimum atomic E-state index is -0.406. The summed E-state index contributed by atoms with van der Waals surface area (Å²) in [5, 5.41) is 9.86. The molecule has 2 nitrogen and oxygen atoms in total. The molecule has 0 heterocycles. The molecular formula is C13H21NOS. The smallest absolute Gasteiger partial charge is 0.0784 e. The van der Waals surface area contributed by atoms with Gasteiger partial charge in [-0.15, -0.1) is 0 Å². The Labute approximate surface area is 102 Å². The van der Waals surface area contributed by atoms with Crippen molar-refractivity contribution in [3.8, 4) is 0 Å². The average Bonchev–Trinajstić information content (AvgIpc) is 2.30. The van der Waals surface area contributed by atoms with Crippen molar-refractivity contribution < 1.29 is 5.11 Å². The van der Waals surface area contributed by atoms with Crippen molar-refractivity contribution in [1.82, 2.24) is 0 Å². The summed E-state index contributed by atoms with van der Waals surface area (Å²) in [6.07, 6.45) is 1.48. The molecule has 0 saturated carbocycles. The number of nitrogens with two attached hydrogens (primary N) is 1. The molecule has 0 saturated heterocycles. The zero-order chi connectivity index (χ0) is 11.8. The third-order valence-corrected chi connectivity index (χ3v) is 3.72. The molecule has 3 N–H and O–H groups in total. The third kappa shape index (κ3) is 5.01. The quantitative estimate of drug-likeness (QED) is 0.716. The fourth-order valence-corrected chi connectivity index (χ4v) is 2.44. The SMILES string of the molecule is CCCSCC(O)C(N)Cc1ccccc1. The first kappa shape index (κ1) is 13.6. The Morgan fingerprint density at radius 3 is 2.62 bits per heavy atom. The van der Waals surface area contributed by atoms with E-state index in [1.54, 1.807) is 11.8 Å². The molecular weight excluding hydrogens is 218 g/mol. The monoisotopic (exact) mass is 239 g/mol.